The highest BCUT2D eigenvalue weighted by molar-refractivity contribution is 5.91. The zero-order chi connectivity index (χ0) is 12.4. The lowest BCUT2D eigenvalue weighted by atomic mass is 9.72. The molecule has 1 radical (unpaired) electrons. The largest absolute Gasteiger partial charge is 0.481 e. The second-order valence-corrected chi connectivity index (χ2v) is 4.31. The first-order chi connectivity index (χ1) is 8.11. The van der Waals surface area contributed by atoms with Gasteiger partial charge in [0.15, 0.2) is 0 Å². The van der Waals surface area contributed by atoms with Gasteiger partial charge in [-0.2, -0.15) is 0 Å². The molecule has 0 aromatic heterocycles. The van der Waals surface area contributed by atoms with Crippen LogP contribution in [0.15, 0.2) is 18.2 Å². The van der Waals surface area contributed by atoms with E-state index in [1.54, 1.807) is 12.1 Å². The van der Waals surface area contributed by atoms with Gasteiger partial charge in [0.2, 0.25) is 0 Å². The number of aliphatic carboxylic acids is 1. The van der Waals surface area contributed by atoms with Gasteiger partial charge in [-0.25, -0.2) is 4.79 Å². The molecule has 2 N–H and O–H groups in total. The van der Waals surface area contributed by atoms with Crippen molar-refractivity contribution in [2.45, 2.75) is 25.2 Å². The van der Waals surface area contributed by atoms with Gasteiger partial charge >= 0.3 is 11.9 Å². The number of carbonyl (C=O) groups is 2. The number of hydrogen-bond acceptors (Lipinski definition) is 2. The highest BCUT2D eigenvalue weighted by Gasteiger charge is 2.35. The normalized spacial score (nSPS) is 17.2. The number of hydrogen-bond donors (Lipinski definition) is 2. The summed E-state index contributed by atoms with van der Waals surface area (Å²) in [5, 5.41) is 18.3. The van der Waals surface area contributed by atoms with Crippen LogP contribution in [0.4, 0.5) is 0 Å². The molecule has 1 fully saturated rings. The molecule has 0 bridgehead atoms. The first-order valence-electron chi connectivity index (χ1n) is 5.58. The van der Waals surface area contributed by atoms with Crippen LogP contribution in [0.3, 0.4) is 0 Å². The maximum absolute atomic E-state index is 11.3. The molecule has 1 saturated carbocycles. The van der Waals surface area contributed by atoms with Crippen LogP contribution in [-0.4, -0.2) is 22.2 Å². The minimum Gasteiger partial charge on any atom is -0.481 e. The number of aromatic carboxylic acids is 1. The van der Waals surface area contributed by atoms with Crippen molar-refractivity contribution >= 4 is 11.9 Å². The fourth-order valence-corrected chi connectivity index (χ4v) is 2.26. The van der Waals surface area contributed by atoms with Crippen molar-refractivity contribution < 1.29 is 19.8 Å². The Bertz CT molecular complexity index is 448. The molecule has 0 amide bonds. The summed E-state index contributed by atoms with van der Waals surface area (Å²) in [6.07, 6.45) is 2.73. The minimum absolute atomic E-state index is 0.0215. The predicted octanol–water partition coefficient (Wildman–Crippen LogP) is 2.15. The van der Waals surface area contributed by atoms with Gasteiger partial charge in [0, 0.05) is 0 Å². The van der Waals surface area contributed by atoms with Crippen LogP contribution in [0.5, 0.6) is 0 Å². The Morgan fingerprint density at radius 3 is 2.53 bits per heavy atom. The van der Waals surface area contributed by atoms with Crippen LogP contribution in [0.2, 0.25) is 0 Å². The number of carboxylic acid groups (broad SMARTS) is 2. The summed E-state index contributed by atoms with van der Waals surface area (Å²) in [5.41, 5.74) is 0.351. The van der Waals surface area contributed by atoms with Gasteiger partial charge in [0.25, 0.3) is 0 Å². The van der Waals surface area contributed by atoms with Gasteiger partial charge in [-0.1, -0.05) is 24.6 Å². The lowest BCUT2D eigenvalue weighted by Crippen LogP contribution is -2.28. The molecule has 1 unspecified atom stereocenters. The van der Waals surface area contributed by atoms with Crippen molar-refractivity contribution in [3.05, 3.63) is 35.4 Å². The number of benzene rings is 1. The van der Waals surface area contributed by atoms with Crippen LogP contribution in [0, 0.1) is 12.0 Å². The topological polar surface area (TPSA) is 74.6 Å². The Hall–Kier alpha value is -1.84. The van der Waals surface area contributed by atoms with Crippen LogP contribution >= 0.6 is 0 Å². The summed E-state index contributed by atoms with van der Waals surface area (Å²) in [6, 6.07) is 7.32. The molecule has 0 heterocycles. The second-order valence-electron chi connectivity index (χ2n) is 4.31. The molecule has 0 spiro atoms. The molecule has 1 aromatic rings. The summed E-state index contributed by atoms with van der Waals surface area (Å²) >= 11 is 0. The third-order valence-electron chi connectivity index (χ3n) is 3.32. The lowest BCUT2D eigenvalue weighted by molar-refractivity contribution is -0.141. The summed E-state index contributed by atoms with van der Waals surface area (Å²) < 4.78 is 0. The zero-order valence-electron chi connectivity index (χ0n) is 9.22. The maximum Gasteiger partial charge on any atom is 0.336 e. The van der Waals surface area contributed by atoms with E-state index in [0.29, 0.717) is 5.56 Å². The van der Waals surface area contributed by atoms with Gasteiger partial charge in [-0.05, 0) is 30.4 Å². The first-order valence-corrected chi connectivity index (χ1v) is 5.58. The van der Waals surface area contributed by atoms with E-state index in [0.717, 1.165) is 19.3 Å². The molecule has 2 rings (SSSR count). The summed E-state index contributed by atoms with van der Waals surface area (Å²) in [4.78, 5) is 22.4. The van der Waals surface area contributed by atoms with Crippen LogP contribution in [0.1, 0.15) is 41.1 Å². The highest BCUT2D eigenvalue weighted by Crippen LogP contribution is 2.40. The molecule has 4 nitrogen and oxygen atoms in total. The SMILES string of the molecule is O=C(O)c1[c]cccc1C(C(=O)O)C1CCC1. The molecule has 17 heavy (non-hydrogen) atoms. The molecule has 89 valence electrons. The van der Waals surface area contributed by atoms with Gasteiger partial charge < -0.3 is 10.2 Å². The van der Waals surface area contributed by atoms with E-state index in [9.17, 15) is 14.7 Å². The van der Waals surface area contributed by atoms with Crippen molar-refractivity contribution in [1.29, 1.82) is 0 Å². The Morgan fingerprint density at radius 2 is 2.06 bits per heavy atom. The van der Waals surface area contributed by atoms with Crippen molar-refractivity contribution in [1.82, 2.24) is 0 Å². The van der Waals surface area contributed by atoms with Crippen molar-refractivity contribution in [2.75, 3.05) is 0 Å². The van der Waals surface area contributed by atoms with E-state index in [1.807, 2.05) is 0 Å². The van der Waals surface area contributed by atoms with Crippen LogP contribution in [0.25, 0.3) is 0 Å². The second kappa shape index (κ2) is 4.57. The molecular weight excluding hydrogens is 220 g/mol. The van der Waals surface area contributed by atoms with E-state index in [4.69, 9.17) is 5.11 Å². The van der Waals surface area contributed by atoms with Gasteiger partial charge in [0.1, 0.15) is 0 Å². The lowest BCUT2D eigenvalue weighted by Gasteiger charge is -2.31. The van der Waals surface area contributed by atoms with E-state index in [1.165, 1.54) is 6.07 Å². The third-order valence-corrected chi connectivity index (χ3v) is 3.32. The smallest absolute Gasteiger partial charge is 0.336 e. The van der Waals surface area contributed by atoms with E-state index < -0.39 is 17.9 Å². The van der Waals surface area contributed by atoms with E-state index in [-0.39, 0.29) is 11.5 Å². The summed E-state index contributed by atoms with van der Waals surface area (Å²) in [6.45, 7) is 0. The van der Waals surface area contributed by atoms with Crippen molar-refractivity contribution in [3.63, 3.8) is 0 Å². The molecule has 1 aliphatic rings. The molecule has 1 aliphatic carbocycles. The quantitative estimate of drug-likeness (QED) is 0.835. The molecule has 4 heteroatoms. The Morgan fingerprint density at radius 1 is 1.35 bits per heavy atom. The van der Waals surface area contributed by atoms with E-state index in [2.05, 4.69) is 6.07 Å². The average Bonchev–Trinajstić information content (AvgIpc) is 2.22. The van der Waals surface area contributed by atoms with Crippen molar-refractivity contribution in [2.24, 2.45) is 5.92 Å². The Labute approximate surface area is 98.9 Å². The maximum atomic E-state index is 11.3. The fraction of sp³-hybridized carbons (Fsp3) is 0.385. The minimum atomic E-state index is -1.12. The molecule has 1 atom stereocenters. The zero-order valence-corrected chi connectivity index (χ0v) is 9.22. The van der Waals surface area contributed by atoms with E-state index >= 15 is 0 Å². The van der Waals surface area contributed by atoms with Gasteiger partial charge in [0.05, 0.1) is 11.5 Å². The van der Waals surface area contributed by atoms with Gasteiger partial charge in [-0.3, -0.25) is 4.79 Å². The van der Waals surface area contributed by atoms with Crippen LogP contribution < -0.4 is 0 Å². The Kier molecular flexibility index (Phi) is 3.13. The highest BCUT2D eigenvalue weighted by atomic mass is 16.4. The van der Waals surface area contributed by atoms with Crippen LogP contribution in [-0.2, 0) is 4.79 Å². The average molecular weight is 233 g/mol. The fourth-order valence-electron chi connectivity index (χ4n) is 2.26. The molecule has 1 aromatic carbocycles. The van der Waals surface area contributed by atoms with Crippen molar-refractivity contribution in [3.8, 4) is 0 Å². The molecule has 0 aliphatic heterocycles. The Balaban J connectivity index is 2.41. The predicted molar refractivity (Wildman–Crippen MR) is 60.0 cm³/mol. The molecule has 0 saturated heterocycles. The summed E-state index contributed by atoms with van der Waals surface area (Å²) in [5.74, 6) is -2.73. The molecular formula is C13H13O4. The standard InChI is InChI=1S/C13H13O4/c14-12(15)10-7-2-1-6-9(10)11(13(16)17)8-4-3-5-8/h1-2,6,8,11H,3-5H2,(H,14,15)(H,16,17). The number of rotatable bonds is 4. The number of carboxylic acids is 2. The van der Waals surface area contributed by atoms with Gasteiger partial charge in [-0.15, -0.1) is 0 Å². The third kappa shape index (κ3) is 2.16. The monoisotopic (exact) mass is 233 g/mol. The first kappa shape index (κ1) is 11.6. The summed E-state index contributed by atoms with van der Waals surface area (Å²) in [7, 11) is 0.